The maximum Gasteiger partial charge on any atom is 0.125 e. The Labute approximate surface area is 146 Å². The zero-order valence-corrected chi connectivity index (χ0v) is 15.8. The molecule has 3 rings (SSSR count). The van der Waals surface area contributed by atoms with Crippen LogP contribution < -0.4 is 10.1 Å². The number of hydrogen-bond donors (Lipinski definition) is 1. The van der Waals surface area contributed by atoms with Crippen molar-refractivity contribution in [3.05, 3.63) is 48.5 Å². The third kappa shape index (κ3) is 3.52. The highest BCUT2D eigenvalue weighted by molar-refractivity contribution is 9.11. The van der Waals surface area contributed by atoms with Crippen molar-refractivity contribution in [2.75, 3.05) is 13.2 Å². The van der Waals surface area contributed by atoms with E-state index in [1.54, 1.807) is 11.3 Å². The second kappa shape index (κ2) is 6.82. The summed E-state index contributed by atoms with van der Waals surface area (Å²) in [6.07, 6.45) is 1.95. The molecule has 1 atom stereocenters. The highest BCUT2D eigenvalue weighted by Gasteiger charge is 2.21. The van der Waals surface area contributed by atoms with Crippen molar-refractivity contribution in [2.45, 2.75) is 25.8 Å². The monoisotopic (exact) mass is 429 g/mol. The number of rotatable bonds is 5. The van der Waals surface area contributed by atoms with E-state index in [0.717, 1.165) is 36.2 Å². The second-order valence-electron chi connectivity index (χ2n) is 5.15. The molecule has 1 aliphatic heterocycles. The average Bonchev–Trinajstić information content (AvgIpc) is 3.06. The molecule has 1 unspecified atom stereocenters. The third-order valence-corrected chi connectivity index (χ3v) is 5.67. The Kier molecular flexibility index (Phi) is 5.04. The number of halogens is 2. The molecule has 0 radical (unpaired) electrons. The van der Waals surface area contributed by atoms with E-state index < -0.39 is 0 Å². The van der Waals surface area contributed by atoms with Crippen LogP contribution in [0.2, 0.25) is 0 Å². The Morgan fingerprint density at radius 2 is 2.19 bits per heavy atom. The first-order valence-corrected chi connectivity index (χ1v) is 9.55. The molecule has 1 aromatic carbocycles. The molecule has 1 aromatic heterocycles. The van der Waals surface area contributed by atoms with Gasteiger partial charge >= 0.3 is 0 Å². The summed E-state index contributed by atoms with van der Waals surface area (Å²) in [5.74, 6) is 1.09. The van der Waals surface area contributed by atoms with Crippen molar-refractivity contribution in [1.82, 2.24) is 5.32 Å². The minimum Gasteiger partial charge on any atom is -0.493 e. The quantitative estimate of drug-likeness (QED) is 0.712. The summed E-state index contributed by atoms with van der Waals surface area (Å²) in [5.41, 5.74) is 3.94. The van der Waals surface area contributed by atoms with Crippen LogP contribution >= 0.6 is 43.2 Å². The molecule has 2 nitrogen and oxygen atoms in total. The summed E-state index contributed by atoms with van der Waals surface area (Å²) < 4.78 is 8.17. The second-order valence-corrected chi connectivity index (χ2v) is 8.36. The van der Waals surface area contributed by atoms with Crippen LogP contribution in [0.25, 0.3) is 0 Å². The lowest BCUT2D eigenvalue weighted by Crippen LogP contribution is -2.22. The van der Waals surface area contributed by atoms with Gasteiger partial charge in [-0.1, -0.05) is 22.9 Å². The minimum atomic E-state index is 0.320. The maximum atomic E-state index is 5.85. The molecule has 5 heteroatoms. The molecule has 0 bridgehead atoms. The number of thiophene rings is 1. The van der Waals surface area contributed by atoms with Crippen molar-refractivity contribution < 1.29 is 4.74 Å². The molecule has 2 heterocycles. The fourth-order valence-electron chi connectivity index (χ4n) is 2.78. The van der Waals surface area contributed by atoms with Gasteiger partial charge in [0.15, 0.2) is 0 Å². The first-order valence-electron chi connectivity index (χ1n) is 7.08. The molecule has 0 spiro atoms. The third-order valence-electron chi connectivity index (χ3n) is 3.69. The molecule has 112 valence electrons. The SMILES string of the molecule is CCNC(Cc1cc(Br)cc2c1OCC2)c1csc(Br)c1. The van der Waals surface area contributed by atoms with E-state index >= 15 is 0 Å². The number of likely N-dealkylation sites (N-methyl/N-ethyl adjacent to an activating group) is 1. The molecule has 1 N–H and O–H groups in total. The summed E-state index contributed by atoms with van der Waals surface area (Å²) in [6, 6.07) is 6.89. The molecule has 2 aromatic rings. The molecule has 0 fully saturated rings. The van der Waals surface area contributed by atoms with E-state index in [1.165, 1.54) is 20.5 Å². The predicted molar refractivity (Wildman–Crippen MR) is 95.5 cm³/mol. The summed E-state index contributed by atoms with van der Waals surface area (Å²) in [6.45, 7) is 3.90. The Bertz CT molecular complexity index is 641. The number of nitrogens with one attached hydrogen (secondary N) is 1. The highest BCUT2D eigenvalue weighted by atomic mass is 79.9. The van der Waals surface area contributed by atoms with Gasteiger partial charge in [0.25, 0.3) is 0 Å². The van der Waals surface area contributed by atoms with Gasteiger partial charge in [-0.25, -0.2) is 0 Å². The van der Waals surface area contributed by atoms with Gasteiger partial charge in [0.2, 0.25) is 0 Å². The number of fused-ring (bicyclic) bond motifs is 1. The van der Waals surface area contributed by atoms with Crippen molar-refractivity contribution >= 4 is 43.2 Å². The van der Waals surface area contributed by atoms with Crippen molar-refractivity contribution in [3.63, 3.8) is 0 Å². The molecule has 1 aliphatic rings. The van der Waals surface area contributed by atoms with Gasteiger partial charge in [0.1, 0.15) is 5.75 Å². The average molecular weight is 431 g/mol. The topological polar surface area (TPSA) is 21.3 Å². The van der Waals surface area contributed by atoms with E-state index in [0.29, 0.717) is 6.04 Å². The summed E-state index contributed by atoms with van der Waals surface area (Å²) in [5, 5.41) is 5.81. The van der Waals surface area contributed by atoms with Gasteiger partial charge in [-0.15, -0.1) is 11.3 Å². The highest BCUT2D eigenvalue weighted by Crippen LogP contribution is 2.36. The van der Waals surface area contributed by atoms with Gasteiger partial charge in [-0.3, -0.25) is 0 Å². The van der Waals surface area contributed by atoms with Crippen molar-refractivity contribution in [3.8, 4) is 5.75 Å². The van der Waals surface area contributed by atoms with Crippen molar-refractivity contribution in [1.29, 1.82) is 0 Å². The summed E-state index contributed by atoms with van der Waals surface area (Å²) >= 11 is 8.91. The first-order chi connectivity index (χ1) is 10.2. The zero-order chi connectivity index (χ0) is 14.8. The van der Waals surface area contributed by atoms with Crippen LogP contribution in [0.4, 0.5) is 0 Å². The Balaban J connectivity index is 1.90. The van der Waals surface area contributed by atoms with Crippen LogP contribution in [0.1, 0.15) is 29.7 Å². The minimum absolute atomic E-state index is 0.320. The van der Waals surface area contributed by atoms with Gasteiger partial charge in [-0.2, -0.15) is 0 Å². The lowest BCUT2D eigenvalue weighted by molar-refractivity contribution is 0.351. The number of hydrogen-bond acceptors (Lipinski definition) is 3. The fraction of sp³-hybridized carbons (Fsp3) is 0.375. The zero-order valence-electron chi connectivity index (χ0n) is 11.8. The molecular weight excluding hydrogens is 414 g/mol. The number of benzene rings is 1. The van der Waals surface area contributed by atoms with E-state index in [2.05, 4.69) is 67.7 Å². The summed E-state index contributed by atoms with van der Waals surface area (Å²) in [7, 11) is 0. The lowest BCUT2D eigenvalue weighted by atomic mass is 9.98. The van der Waals surface area contributed by atoms with Crippen LogP contribution in [-0.4, -0.2) is 13.2 Å². The van der Waals surface area contributed by atoms with Crippen LogP contribution in [0.5, 0.6) is 5.75 Å². The normalized spacial score (nSPS) is 14.8. The van der Waals surface area contributed by atoms with Gasteiger partial charge < -0.3 is 10.1 Å². The molecular formula is C16H17Br2NOS. The van der Waals surface area contributed by atoms with Crippen LogP contribution in [0.15, 0.2) is 31.8 Å². The fourth-order valence-corrected chi connectivity index (χ4v) is 4.56. The van der Waals surface area contributed by atoms with Gasteiger partial charge in [-0.05, 0) is 69.2 Å². The molecule has 0 saturated carbocycles. The Morgan fingerprint density at radius 1 is 1.33 bits per heavy atom. The lowest BCUT2D eigenvalue weighted by Gasteiger charge is -2.19. The van der Waals surface area contributed by atoms with Crippen LogP contribution in [0.3, 0.4) is 0 Å². The molecule has 0 aliphatic carbocycles. The standard InChI is InChI=1S/C16H17Br2NOS/c1-2-19-14(12-8-15(18)21-9-12)7-11-6-13(17)5-10-3-4-20-16(10)11/h5-6,8-9,14,19H,2-4,7H2,1H3. The van der Waals surface area contributed by atoms with Gasteiger partial charge in [0, 0.05) is 16.9 Å². The molecule has 0 saturated heterocycles. The van der Waals surface area contributed by atoms with E-state index in [4.69, 9.17) is 4.74 Å². The van der Waals surface area contributed by atoms with Crippen LogP contribution in [-0.2, 0) is 12.8 Å². The molecule has 21 heavy (non-hydrogen) atoms. The van der Waals surface area contributed by atoms with E-state index in [1.807, 2.05) is 0 Å². The summed E-state index contributed by atoms with van der Waals surface area (Å²) in [4.78, 5) is 0. The van der Waals surface area contributed by atoms with Crippen LogP contribution in [0, 0.1) is 0 Å². The van der Waals surface area contributed by atoms with E-state index in [-0.39, 0.29) is 0 Å². The van der Waals surface area contributed by atoms with E-state index in [9.17, 15) is 0 Å². The molecule has 0 amide bonds. The first kappa shape index (κ1) is 15.5. The Morgan fingerprint density at radius 3 is 2.90 bits per heavy atom. The smallest absolute Gasteiger partial charge is 0.125 e. The van der Waals surface area contributed by atoms with Crippen molar-refractivity contribution in [2.24, 2.45) is 0 Å². The predicted octanol–water partition coefficient (Wildman–Crippen LogP) is 5.10. The van der Waals surface area contributed by atoms with Gasteiger partial charge in [0.05, 0.1) is 10.4 Å². The largest absolute Gasteiger partial charge is 0.493 e. The Hall–Kier alpha value is -0.360. The number of ether oxygens (including phenoxy) is 1. The maximum absolute atomic E-state index is 5.85.